The van der Waals surface area contributed by atoms with Crippen molar-refractivity contribution in [2.75, 3.05) is 0 Å². The van der Waals surface area contributed by atoms with Crippen molar-refractivity contribution in [3.05, 3.63) is 0 Å². The van der Waals surface area contributed by atoms with Gasteiger partial charge < -0.3 is 5.11 Å². The van der Waals surface area contributed by atoms with E-state index in [1.807, 2.05) is 0 Å². The van der Waals surface area contributed by atoms with Gasteiger partial charge in [0, 0.05) is 0 Å². The highest BCUT2D eigenvalue weighted by atomic mass is 16.4. The van der Waals surface area contributed by atoms with Gasteiger partial charge in [0.25, 0.3) is 0 Å². The molecule has 0 radical (unpaired) electrons. The van der Waals surface area contributed by atoms with Gasteiger partial charge in [0.1, 0.15) is 5.92 Å². The largest absolute Gasteiger partial charge is 0.480 e. The molecule has 12 heavy (non-hydrogen) atoms. The average Bonchev–Trinajstić information content (AvgIpc) is 2.04. The van der Waals surface area contributed by atoms with Crippen LogP contribution in [0, 0.1) is 17.2 Å². The third kappa shape index (κ3) is 4.73. The Morgan fingerprint density at radius 1 is 1.50 bits per heavy atom. The third-order valence-electron chi connectivity index (χ3n) is 1.80. The lowest BCUT2D eigenvalue weighted by molar-refractivity contribution is -0.140. The molecule has 0 aromatic carbocycles. The number of hydrogen-bond donors (Lipinski definition) is 1. The van der Waals surface area contributed by atoms with E-state index >= 15 is 0 Å². The van der Waals surface area contributed by atoms with Crippen LogP contribution in [0.3, 0.4) is 0 Å². The maximum atomic E-state index is 10.4. The monoisotopic (exact) mass is 169 g/mol. The summed E-state index contributed by atoms with van der Waals surface area (Å²) in [6, 6.07) is 1.78. The molecule has 0 amide bonds. The Hall–Kier alpha value is -1.04. The molecule has 0 aromatic heterocycles. The second kappa shape index (κ2) is 6.66. The minimum atomic E-state index is -0.992. The molecule has 1 atom stereocenters. The minimum absolute atomic E-state index is 0.492. The Kier molecular flexibility index (Phi) is 6.08. The van der Waals surface area contributed by atoms with Crippen LogP contribution in [0.4, 0.5) is 0 Å². The fourth-order valence-electron chi connectivity index (χ4n) is 1.02. The van der Waals surface area contributed by atoms with Gasteiger partial charge in [-0.3, -0.25) is 4.79 Å². The molecule has 0 rings (SSSR count). The molecule has 0 aliphatic rings. The summed E-state index contributed by atoms with van der Waals surface area (Å²) in [5, 5.41) is 16.9. The number of nitriles is 1. The topological polar surface area (TPSA) is 61.1 Å². The van der Waals surface area contributed by atoms with E-state index in [0.29, 0.717) is 6.42 Å². The van der Waals surface area contributed by atoms with Crippen LogP contribution in [-0.2, 0) is 4.79 Å². The fraction of sp³-hybridized carbons (Fsp3) is 0.778. The summed E-state index contributed by atoms with van der Waals surface area (Å²) in [6.07, 6.45) is 4.62. The molecular formula is C9H15NO2. The first kappa shape index (κ1) is 11.0. The van der Waals surface area contributed by atoms with Crippen molar-refractivity contribution in [2.45, 2.75) is 39.0 Å². The number of rotatable bonds is 6. The second-order valence-electron chi connectivity index (χ2n) is 2.87. The van der Waals surface area contributed by atoms with Crippen LogP contribution < -0.4 is 0 Å². The number of hydrogen-bond acceptors (Lipinski definition) is 2. The Morgan fingerprint density at radius 3 is 2.58 bits per heavy atom. The first-order valence-corrected chi connectivity index (χ1v) is 4.34. The van der Waals surface area contributed by atoms with Crippen LogP contribution in [0.5, 0.6) is 0 Å². The van der Waals surface area contributed by atoms with Crippen LogP contribution in [0.25, 0.3) is 0 Å². The molecular weight excluding hydrogens is 154 g/mol. The highest BCUT2D eigenvalue weighted by Gasteiger charge is 2.14. The lowest BCUT2D eigenvalue weighted by Crippen LogP contribution is -2.10. The lowest BCUT2D eigenvalue weighted by Gasteiger charge is -2.01. The van der Waals surface area contributed by atoms with Gasteiger partial charge in [-0.1, -0.05) is 32.6 Å². The lowest BCUT2D eigenvalue weighted by atomic mass is 10.0. The molecule has 0 heterocycles. The molecule has 0 bridgehead atoms. The Bertz CT molecular complexity index is 172. The number of unbranched alkanes of at least 4 members (excludes halogenated alkanes) is 3. The Labute approximate surface area is 73.0 Å². The Balaban J connectivity index is 3.47. The highest BCUT2D eigenvalue weighted by Crippen LogP contribution is 2.10. The smallest absolute Gasteiger partial charge is 0.320 e. The second-order valence-corrected chi connectivity index (χ2v) is 2.87. The van der Waals surface area contributed by atoms with Gasteiger partial charge in [-0.2, -0.15) is 5.26 Å². The average molecular weight is 169 g/mol. The summed E-state index contributed by atoms with van der Waals surface area (Å²) in [5.74, 6) is -1.80. The Morgan fingerprint density at radius 2 is 2.17 bits per heavy atom. The van der Waals surface area contributed by atoms with E-state index in [2.05, 4.69) is 6.92 Å². The summed E-state index contributed by atoms with van der Waals surface area (Å²) in [4.78, 5) is 10.4. The number of aliphatic carboxylic acids is 1. The predicted molar refractivity (Wildman–Crippen MR) is 45.5 cm³/mol. The summed E-state index contributed by atoms with van der Waals surface area (Å²) in [6.45, 7) is 2.10. The van der Waals surface area contributed by atoms with Gasteiger partial charge in [-0.15, -0.1) is 0 Å². The summed E-state index contributed by atoms with van der Waals surface area (Å²) in [7, 11) is 0. The van der Waals surface area contributed by atoms with E-state index in [1.54, 1.807) is 6.07 Å². The molecule has 68 valence electrons. The van der Waals surface area contributed by atoms with E-state index in [9.17, 15) is 4.79 Å². The first-order chi connectivity index (χ1) is 5.72. The molecule has 0 spiro atoms. The zero-order valence-electron chi connectivity index (χ0n) is 7.42. The normalized spacial score (nSPS) is 12.0. The maximum absolute atomic E-state index is 10.4. The molecule has 0 aliphatic carbocycles. The van der Waals surface area contributed by atoms with Crippen LogP contribution in [0.15, 0.2) is 0 Å². The zero-order valence-corrected chi connectivity index (χ0v) is 7.42. The molecule has 0 saturated heterocycles. The number of carboxylic acid groups (broad SMARTS) is 1. The third-order valence-corrected chi connectivity index (χ3v) is 1.80. The van der Waals surface area contributed by atoms with Crippen LogP contribution in [0.1, 0.15) is 39.0 Å². The molecule has 0 aromatic rings. The predicted octanol–water partition coefficient (Wildman–Crippen LogP) is 2.18. The van der Waals surface area contributed by atoms with Crippen LogP contribution in [-0.4, -0.2) is 11.1 Å². The zero-order chi connectivity index (χ0) is 9.40. The van der Waals surface area contributed by atoms with Crippen molar-refractivity contribution in [1.82, 2.24) is 0 Å². The van der Waals surface area contributed by atoms with Crippen molar-refractivity contribution in [3.63, 3.8) is 0 Å². The maximum Gasteiger partial charge on any atom is 0.320 e. The highest BCUT2D eigenvalue weighted by molar-refractivity contribution is 5.72. The van der Waals surface area contributed by atoms with Gasteiger partial charge in [-0.25, -0.2) is 0 Å². The van der Waals surface area contributed by atoms with E-state index in [0.717, 1.165) is 25.7 Å². The quantitative estimate of drug-likeness (QED) is 0.620. The molecule has 1 unspecified atom stereocenters. The molecule has 0 fully saturated rings. The van der Waals surface area contributed by atoms with Crippen molar-refractivity contribution >= 4 is 5.97 Å². The fourth-order valence-corrected chi connectivity index (χ4v) is 1.02. The van der Waals surface area contributed by atoms with Crippen molar-refractivity contribution < 1.29 is 9.90 Å². The standard InChI is InChI=1S/C9H15NO2/c1-2-3-4-5-6-8(7-10)9(11)12/h8H,2-6H2,1H3,(H,11,12). The van der Waals surface area contributed by atoms with Crippen molar-refractivity contribution in [2.24, 2.45) is 5.92 Å². The van der Waals surface area contributed by atoms with E-state index in [4.69, 9.17) is 10.4 Å². The van der Waals surface area contributed by atoms with Crippen LogP contribution in [0.2, 0.25) is 0 Å². The minimum Gasteiger partial charge on any atom is -0.480 e. The first-order valence-electron chi connectivity index (χ1n) is 4.34. The number of carboxylic acids is 1. The van der Waals surface area contributed by atoms with Crippen molar-refractivity contribution in [3.8, 4) is 6.07 Å². The molecule has 3 nitrogen and oxygen atoms in total. The summed E-state index contributed by atoms with van der Waals surface area (Å²) >= 11 is 0. The van der Waals surface area contributed by atoms with Crippen molar-refractivity contribution in [1.29, 1.82) is 5.26 Å². The van der Waals surface area contributed by atoms with E-state index in [-0.39, 0.29) is 0 Å². The number of nitrogens with zero attached hydrogens (tertiary/aromatic N) is 1. The van der Waals surface area contributed by atoms with Gasteiger partial charge in [0.15, 0.2) is 0 Å². The van der Waals surface area contributed by atoms with Gasteiger partial charge >= 0.3 is 5.97 Å². The van der Waals surface area contributed by atoms with Crippen LogP contribution >= 0.6 is 0 Å². The summed E-state index contributed by atoms with van der Waals surface area (Å²) in [5.41, 5.74) is 0. The van der Waals surface area contributed by atoms with Gasteiger partial charge in [0.05, 0.1) is 6.07 Å². The van der Waals surface area contributed by atoms with Gasteiger partial charge in [0.2, 0.25) is 0 Å². The summed E-state index contributed by atoms with van der Waals surface area (Å²) < 4.78 is 0. The van der Waals surface area contributed by atoms with E-state index < -0.39 is 11.9 Å². The molecule has 1 N–H and O–H groups in total. The molecule has 3 heteroatoms. The van der Waals surface area contributed by atoms with Gasteiger partial charge in [-0.05, 0) is 6.42 Å². The molecule has 0 aliphatic heterocycles. The SMILES string of the molecule is CCCCCCC(C#N)C(=O)O. The molecule has 0 saturated carbocycles. The van der Waals surface area contributed by atoms with E-state index in [1.165, 1.54) is 0 Å². The number of carbonyl (C=O) groups is 1.